The number of carbonyl (C=O) groups excluding carboxylic acids is 2. The standard InChI is InChI=1S/C20H24Cl2N2O5/c1-3-29-19(27)17-12(2)24(10-6-4-5-7-16(25)26)20(28)23-18(17)14-9-8-13(21)11-15(14)22/h8-9,11,18H,3-7,10H2,1-2H3,(H,23,28)(H,25,26). The molecule has 0 saturated carbocycles. The van der Waals surface area contributed by atoms with Crippen LogP contribution >= 0.6 is 23.2 Å². The Morgan fingerprint density at radius 2 is 1.97 bits per heavy atom. The second-order valence-corrected chi connectivity index (χ2v) is 7.47. The Morgan fingerprint density at radius 1 is 1.24 bits per heavy atom. The largest absolute Gasteiger partial charge is 0.481 e. The van der Waals surface area contributed by atoms with E-state index >= 15 is 0 Å². The van der Waals surface area contributed by atoms with Gasteiger partial charge in [-0.15, -0.1) is 0 Å². The minimum absolute atomic E-state index is 0.0895. The van der Waals surface area contributed by atoms with Crippen LogP contribution in [0, 0.1) is 0 Å². The predicted molar refractivity (Wildman–Crippen MR) is 110 cm³/mol. The van der Waals surface area contributed by atoms with Crippen LogP contribution in [-0.2, 0) is 14.3 Å². The number of carbonyl (C=O) groups is 3. The molecule has 0 saturated heterocycles. The highest BCUT2D eigenvalue weighted by molar-refractivity contribution is 6.35. The van der Waals surface area contributed by atoms with Gasteiger partial charge in [0.15, 0.2) is 0 Å². The van der Waals surface area contributed by atoms with Gasteiger partial charge in [0.1, 0.15) is 0 Å². The summed E-state index contributed by atoms with van der Waals surface area (Å²) in [6.07, 6.45) is 1.89. The van der Waals surface area contributed by atoms with Crippen molar-refractivity contribution in [3.8, 4) is 0 Å². The second kappa shape index (κ2) is 10.5. The summed E-state index contributed by atoms with van der Waals surface area (Å²) in [6, 6.07) is 3.75. The van der Waals surface area contributed by atoms with Crippen molar-refractivity contribution in [2.75, 3.05) is 13.2 Å². The van der Waals surface area contributed by atoms with Crippen LogP contribution in [0.25, 0.3) is 0 Å². The molecular weight excluding hydrogens is 419 g/mol. The molecule has 1 atom stereocenters. The number of benzene rings is 1. The van der Waals surface area contributed by atoms with Gasteiger partial charge in [-0.05, 0) is 44.4 Å². The number of carboxylic acid groups (broad SMARTS) is 1. The molecule has 1 unspecified atom stereocenters. The molecule has 0 radical (unpaired) electrons. The number of esters is 1. The zero-order valence-corrected chi connectivity index (χ0v) is 17.8. The molecule has 158 valence electrons. The van der Waals surface area contributed by atoms with Gasteiger partial charge in [-0.3, -0.25) is 9.69 Å². The van der Waals surface area contributed by atoms with Crippen LogP contribution < -0.4 is 5.32 Å². The maximum Gasteiger partial charge on any atom is 0.338 e. The lowest BCUT2D eigenvalue weighted by Gasteiger charge is -2.35. The fourth-order valence-electron chi connectivity index (χ4n) is 3.22. The summed E-state index contributed by atoms with van der Waals surface area (Å²) in [6.45, 7) is 3.96. The third-order valence-corrected chi connectivity index (χ3v) is 5.20. The Morgan fingerprint density at radius 3 is 2.59 bits per heavy atom. The summed E-state index contributed by atoms with van der Waals surface area (Å²) in [7, 11) is 0. The molecule has 2 amide bonds. The number of nitrogens with zero attached hydrogens (tertiary/aromatic N) is 1. The highest BCUT2D eigenvalue weighted by atomic mass is 35.5. The van der Waals surface area contributed by atoms with Gasteiger partial charge < -0.3 is 15.2 Å². The number of allylic oxidation sites excluding steroid dienone is 1. The minimum atomic E-state index is -0.843. The molecule has 2 rings (SSSR count). The summed E-state index contributed by atoms with van der Waals surface area (Å²) < 4.78 is 5.21. The average Bonchev–Trinajstić information content (AvgIpc) is 2.63. The molecule has 9 heteroatoms. The number of nitrogens with one attached hydrogen (secondary N) is 1. The van der Waals surface area contributed by atoms with Gasteiger partial charge in [0.2, 0.25) is 0 Å². The van der Waals surface area contributed by atoms with E-state index in [1.807, 2.05) is 0 Å². The van der Waals surface area contributed by atoms with E-state index in [9.17, 15) is 14.4 Å². The maximum atomic E-state index is 12.7. The third kappa shape index (κ3) is 5.87. The Bertz CT molecular complexity index is 825. The number of hydrogen-bond donors (Lipinski definition) is 2. The van der Waals surface area contributed by atoms with Crippen LogP contribution in [0.2, 0.25) is 10.0 Å². The molecule has 1 aromatic rings. The fraction of sp³-hybridized carbons (Fsp3) is 0.450. The van der Waals surface area contributed by atoms with E-state index in [1.165, 1.54) is 4.90 Å². The van der Waals surface area contributed by atoms with Crippen molar-refractivity contribution in [3.05, 3.63) is 45.1 Å². The van der Waals surface area contributed by atoms with Gasteiger partial charge in [-0.1, -0.05) is 35.7 Å². The van der Waals surface area contributed by atoms with Crippen molar-refractivity contribution in [2.45, 2.75) is 45.6 Å². The normalized spacial score (nSPS) is 16.6. The van der Waals surface area contributed by atoms with Crippen molar-refractivity contribution in [1.82, 2.24) is 10.2 Å². The molecule has 0 aromatic heterocycles. The van der Waals surface area contributed by atoms with E-state index in [2.05, 4.69) is 5.32 Å². The summed E-state index contributed by atoms with van der Waals surface area (Å²) in [5.41, 5.74) is 1.34. The van der Waals surface area contributed by atoms with Gasteiger partial charge in [-0.2, -0.15) is 0 Å². The Balaban J connectivity index is 2.30. The first kappa shape index (κ1) is 23.0. The highest BCUT2D eigenvalue weighted by Crippen LogP contribution is 2.36. The van der Waals surface area contributed by atoms with Crippen molar-refractivity contribution in [2.24, 2.45) is 0 Å². The van der Waals surface area contributed by atoms with Crippen LogP contribution in [0.5, 0.6) is 0 Å². The molecule has 0 bridgehead atoms. The molecule has 7 nitrogen and oxygen atoms in total. The van der Waals surface area contributed by atoms with Crippen molar-refractivity contribution in [1.29, 1.82) is 0 Å². The van der Waals surface area contributed by atoms with Crippen LogP contribution in [0.15, 0.2) is 29.5 Å². The van der Waals surface area contributed by atoms with Gasteiger partial charge in [0, 0.05) is 28.7 Å². The smallest absolute Gasteiger partial charge is 0.338 e. The minimum Gasteiger partial charge on any atom is -0.481 e. The number of ether oxygens (including phenoxy) is 1. The molecule has 0 aliphatic carbocycles. The van der Waals surface area contributed by atoms with Gasteiger partial charge in [0.05, 0.1) is 18.2 Å². The van der Waals surface area contributed by atoms with E-state index in [-0.39, 0.29) is 19.1 Å². The van der Waals surface area contributed by atoms with Crippen LogP contribution in [-0.4, -0.2) is 41.1 Å². The van der Waals surface area contributed by atoms with Crippen LogP contribution in [0.3, 0.4) is 0 Å². The van der Waals surface area contributed by atoms with Crippen molar-refractivity contribution >= 4 is 41.2 Å². The first-order valence-corrected chi connectivity index (χ1v) is 10.1. The molecule has 1 aliphatic heterocycles. The molecule has 29 heavy (non-hydrogen) atoms. The van der Waals surface area contributed by atoms with Crippen LogP contribution in [0.4, 0.5) is 4.79 Å². The summed E-state index contributed by atoms with van der Waals surface area (Å²) in [4.78, 5) is 37.5. The zero-order valence-electron chi connectivity index (χ0n) is 16.3. The number of carboxylic acids is 1. The number of aliphatic carboxylic acids is 1. The quantitative estimate of drug-likeness (QED) is 0.432. The van der Waals surface area contributed by atoms with Crippen molar-refractivity contribution < 1.29 is 24.2 Å². The van der Waals surface area contributed by atoms with Gasteiger partial charge >= 0.3 is 18.0 Å². The second-order valence-electron chi connectivity index (χ2n) is 6.62. The van der Waals surface area contributed by atoms with Gasteiger partial charge in [-0.25, -0.2) is 9.59 Å². The van der Waals surface area contributed by atoms with E-state index in [1.54, 1.807) is 32.0 Å². The first-order chi connectivity index (χ1) is 13.8. The predicted octanol–water partition coefficient (Wildman–Crippen LogP) is 4.54. The average molecular weight is 443 g/mol. The number of urea groups is 1. The topological polar surface area (TPSA) is 95.9 Å². The molecule has 1 aromatic carbocycles. The molecule has 1 aliphatic rings. The lowest BCUT2D eigenvalue weighted by Crippen LogP contribution is -2.48. The lowest BCUT2D eigenvalue weighted by atomic mass is 9.94. The van der Waals surface area contributed by atoms with Gasteiger partial charge in [0.25, 0.3) is 0 Å². The summed E-state index contributed by atoms with van der Waals surface area (Å²) >= 11 is 12.3. The van der Waals surface area contributed by atoms with Crippen molar-refractivity contribution in [3.63, 3.8) is 0 Å². The van der Waals surface area contributed by atoms with E-state index in [4.69, 9.17) is 33.0 Å². The number of amides is 2. The number of hydrogen-bond acceptors (Lipinski definition) is 4. The van der Waals surface area contributed by atoms with E-state index in [0.29, 0.717) is 52.7 Å². The lowest BCUT2D eigenvalue weighted by molar-refractivity contribution is -0.139. The highest BCUT2D eigenvalue weighted by Gasteiger charge is 2.37. The molecule has 1 heterocycles. The SMILES string of the molecule is CCOC(=O)C1=C(C)N(CCCCCC(=O)O)C(=O)NC1c1ccc(Cl)cc1Cl. The number of unbranched alkanes of at least 4 members (excludes halogenated alkanes) is 2. The Labute approximate surface area is 179 Å². The number of rotatable bonds is 9. The van der Waals surface area contributed by atoms with E-state index in [0.717, 1.165) is 0 Å². The first-order valence-electron chi connectivity index (χ1n) is 9.38. The monoisotopic (exact) mass is 442 g/mol. The fourth-order valence-corrected chi connectivity index (χ4v) is 3.73. The molecule has 0 spiro atoms. The summed E-state index contributed by atoms with van der Waals surface area (Å²) in [5, 5.41) is 12.3. The maximum absolute atomic E-state index is 12.7. The Hall–Kier alpha value is -2.25. The Kier molecular flexibility index (Phi) is 8.34. The molecule has 0 fully saturated rings. The molecular formula is C20H24Cl2N2O5. The van der Waals surface area contributed by atoms with Crippen LogP contribution in [0.1, 0.15) is 51.1 Å². The zero-order chi connectivity index (χ0) is 21.6. The number of halogens is 2. The van der Waals surface area contributed by atoms with E-state index < -0.39 is 18.0 Å². The molecule has 2 N–H and O–H groups in total. The third-order valence-electron chi connectivity index (χ3n) is 4.64. The summed E-state index contributed by atoms with van der Waals surface area (Å²) in [5.74, 6) is -1.37.